The molecule has 12 heteroatoms. The minimum Gasteiger partial charge on any atom is -0.493 e. The van der Waals surface area contributed by atoms with Crippen molar-refractivity contribution in [2.45, 2.75) is 50.3 Å². The van der Waals surface area contributed by atoms with Crippen molar-refractivity contribution in [2.24, 2.45) is 5.92 Å². The number of carbonyl (C=O) groups excluding carboxylic acids is 1. The van der Waals surface area contributed by atoms with Gasteiger partial charge in [-0.3, -0.25) is 4.79 Å². The van der Waals surface area contributed by atoms with Gasteiger partial charge in [-0.1, -0.05) is 18.2 Å². The first-order valence-electron chi connectivity index (χ1n) is 14.8. The van der Waals surface area contributed by atoms with Crippen LogP contribution in [0.5, 0.6) is 17.2 Å². The first-order valence-corrected chi connectivity index (χ1v) is 16.6. The molecule has 0 aromatic heterocycles. The van der Waals surface area contributed by atoms with Crippen molar-refractivity contribution in [3.63, 3.8) is 0 Å². The maximum Gasteiger partial charge on any atom is 0.417 e. The monoisotopic (exact) mass is 648 g/mol. The Labute approximate surface area is 258 Å². The van der Waals surface area contributed by atoms with E-state index in [0.29, 0.717) is 49.4 Å². The number of ether oxygens (including phenoxy) is 4. The van der Waals surface area contributed by atoms with Gasteiger partial charge >= 0.3 is 12.1 Å². The average molecular weight is 649 g/mol. The van der Waals surface area contributed by atoms with Crippen molar-refractivity contribution < 1.29 is 49.7 Å². The van der Waals surface area contributed by atoms with Gasteiger partial charge in [-0.15, -0.1) is 0 Å². The van der Waals surface area contributed by atoms with E-state index >= 15 is 4.39 Å². The molecule has 3 aromatic rings. The summed E-state index contributed by atoms with van der Waals surface area (Å²) in [7, 11) is -1.67. The lowest BCUT2D eigenvalue weighted by molar-refractivity contribution is -0.141. The largest absolute Gasteiger partial charge is 0.493 e. The SMILES string of the molecule is COC(=O)CC1COc2cc(O[C@@H]3CCc4c(-c5ccc(OCC6CCS(=O)(=O)CC6)cc5)c(C(F)(F)F)cc(F)c43)ccc21. The van der Waals surface area contributed by atoms with Gasteiger partial charge < -0.3 is 18.9 Å². The molecule has 3 aliphatic rings. The minimum absolute atomic E-state index is 0.0841. The molecule has 6 rings (SSSR count). The van der Waals surface area contributed by atoms with Crippen LogP contribution in [0.2, 0.25) is 0 Å². The van der Waals surface area contributed by atoms with E-state index in [2.05, 4.69) is 0 Å². The molecule has 2 atom stereocenters. The summed E-state index contributed by atoms with van der Waals surface area (Å²) in [6, 6.07) is 11.9. The van der Waals surface area contributed by atoms with Gasteiger partial charge in [0, 0.05) is 23.1 Å². The molecule has 240 valence electrons. The van der Waals surface area contributed by atoms with Crippen LogP contribution in [0, 0.1) is 11.7 Å². The third-order valence-corrected chi connectivity index (χ3v) is 10.5. The van der Waals surface area contributed by atoms with E-state index in [1.807, 2.05) is 0 Å². The Morgan fingerprint density at radius 2 is 1.71 bits per heavy atom. The fourth-order valence-electron chi connectivity index (χ4n) is 6.40. The Balaban J connectivity index is 1.23. The minimum atomic E-state index is -4.79. The summed E-state index contributed by atoms with van der Waals surface area (Å²) in [5.74, 6) is 0.189. The number of benzene rings is 3. The van der Waals surface area contributed by atoms with Crippen molar-refractivity contribution in [3.05, 3.63) is 76.6 Å². The topological polar surface area (TPSA) is 88.1 Å². The molecule has 0 spiro atoms. The third kappa shape index (κ3) is 6.61. The highest BCUT2D eigenvalue weighted by atomic mass is 32.2. The number of alkyl halides is 3. The first-order chi connectivity index (χ1) is 21.4. The molecule has 0 N–H and O–H groups in total. The second-order valence-corrected chi connectivity index (χ2v) is 14.0. The van der Waals surface area contributed by atoms with E-state index in [1.165, 1.54) is 19.2 Å². The van der Waals surface area contributed by atoms with Crippen LogP contribution < -0.4 is 14.2 Å². The van der Waals surface area contributed by atoms with E-state index in [0.717, 1.165) is 5.56 Å². The van der Waals surface area contributed by atoms with Gasteiger partial charge in [0.2, 0.25) is 0 Å². The van der Waals surface area contributed by atoms with Crippen molar-refractivity contribution in [3.8, 4) is 28.4 Å². The zero-order chi connectivity index (χ0) is 31.9. The Hall–Kier alpha value is -3.80. The second kappa shape index (κ2) is 12.2. The normalized spacial score (nSPS) is 20.6. The second-order valence-electron chi connectivity index (χ2n) is 11.7. The average Bonchev–Trinajstić information content (AvgIpc) is 3.60. The number of sulfone groups is 1. The van der Waals surface area contributed by atoms with Crippen LogP contribution in [0.3, 0.4) is 0 Å². The lowest BCUT2D eigenvalue weighted by Gasteiger charge is -2.22. The molecule has 3 aromatic carbocycles. The molecule has 0 saturated carbocycles. The van der Waals surface area contributed by atoms with Crippen LogP contribution in [0.15, 0.2) is 48.5 Å². The van der Waals surface area contributed by atoms with E-state index in [1.54, 1.807) is 30.3 Å². The molecule has 45 heavy (non-hydrogen) atoms. The Kier molecular flexibility index (Phi) is 8.45. The number of rotatable bonds is 8. The molecule has 1 fully saturated rings. The molecule has 0 bridgehead atoms. The highest BCUT2D eigenvalue weighted by Crippen LogP contribution is 2.48. The Morgan fingerprint density at radius 3 is 2.40 bits per heavy atom. The number of fused-ring (bicyclic) bond motifs is 2. The number of esters is 1. The summed E-state index contributed by atoms with van der Waals surface area (Å²) in [6.07, 6.45) is -3.96. The molecular weight excluding hydrogens is 616 g/mol. The predicted molar refractivity (Wildman–Crippen MR) is 157 cm³/mol. The molecule has 0 radical (unpaired) electrons. The zero-order valence-corrected chi connectivity index (χ0v) is 25.3. The molecule has 2 aliphatic heterocycles. The highest BCUT2D eigenvalue weighted by Gasteiger charge is 2.40. The molecule has 1 unspecified atom stereocenters. The Morgan fingerprint density at radius 1 is 1.00 bits per heavy atom. The van der Waals surface area contributed by atoms with E-state index in [9.17, 15) is 26.4 Å². The fourth-order valence-corrected chi connectivity index (χ4v) is 7.99. The summed E-state index contributed by atoms with van der Waals surface area (Å²) in [6.45, 7) is 0.612. The number of carbonyl (C=O) groups is 1. The van der Waals surface area contributed by atoms with Crippen molar-refractivity contribution in [1.29, 1.82) is 0 Å². The highest BCUT2D eigenvalue weighted by molar-refractivity contribution is 7.91. The van der Waals surface area contributed by atoms with E-state index in [4.69, 9.17) is 18.9 Å². The number of methoxy groups -OCH3 is 1. The van der Waals surface area contributed by atoms with Gasteiger partial charge in [0.05, 0.1) is 43.8 Å². The summed E-state index contributed by atoms with van der Waals surface area (Å²) in [4.78, 5) is 11.7. The van der Waals surface area contributed by atoms with Gasteiger partial charge in [0.25, 0.3) is 0 Å². The van der Waals surface area contributed by atoms with Gasteiger partial charge in [0.1, 0.15) is 39.0 Å². The quantitative estimate of drug-likeness (QED) is 0.196. The maximum absolute atomic E-state index is 15.4. The van der Waals surface area contributed by atoms with Gasteiger partial charge in [0.15, 0.2) is 0 Å². The van der Waals surface area contributed by atoms with Crippen LogP contribution >= 0.6 is 0 Å². The molecular formula is C33H32F4O7S. The number of hydrogen-bond acceptors (Lipinski definition) is 7. The Bertz CT molecular complexity index is 1690. The standard InChI is InChI=1S/C33H32F4O7S/c1-41-30(38)14-21-18-43-29-15-23(6-7-24(21)29)44-28-9-8-25-31(26(33(35,36)37)16-27(34)32(25)28)20-2-4-22(5-3-20)42-17-19-10-12-45(39,40)13-11-19/h2-7,15-16,19,21,28H,8-14,17-18H2,1H3/t21?,28-/m1/s1. The zero-order valence-electron chi connectivity index (χ0n) is 24.5. The number of hydrogen-bond donors (Lipinski definition) is 0. The van der Waals surface area contributed by atoms with Crippen LogP contribution in [0.1, 0.15) is 60.0 Å². The van der Waals surface area contributed by atoms with Crippen molar-refractivity contribution in [1.82, 2.24) is 0 Å². The molecule has 0 amide bonds. The predicted octanol–water partition coefficient (Wildman–Crippen LogP) is 6.82. The summed E-state index contributed by atoms with van der Waals surface area (Å²) >= 11 is 0. The van der Waals surface area contributed by atoms with Crippen LogP contribution in [0.4, 0.5) is 17.6 Å². The molecule has 7 nitrogen and oxygen atoms in total. The van der Waals surface area contributed by atoms with Gasteiger partial charge in [-0.2, -0.15) is 13.2 Å². The summed E-state index contributed by atoms with van der Waals surface area (Å²) < 4.78 is 104. The maximum atomic E-state index is 15.4. The fraction of sp³-hybridized carbons (Fsp3) is 0.424. The summed E-state index contributed by atoms with van der Waals surface area (Å²) in [5.41, 5.74) is 0.298. The number of halogens is 4. The lowest BCUT2D eigenvalue weighted by atomic mass is 9.91. The summed E-state index contributed by atoms with van der Waals surface area (Å²) in [5, 5.41) is 0. The van der Waals surface area contributed by atoms with Crippen LogP contribution in [-0.2, 0) is 32.0 Å². The van der Waals surface area contributed by atoms with E-state index in [-0.39, 0.29) is 70.8 Å². The van der Waals surface area contributed by atoms with Crippen LogP contribution in [0.25, 0.3) is 11.1 Å². The third-order valence-electron chi connectivity index (χ3n) is 8.80. The van der Waals surface area contributed by atoms with Crippen LogP contribution in [-0.4, -0.2) is 46.2 Å². The van der Waals surface area contributed by atoms with Crippen molar-refractivity contribution >= 4 is 15.8 Å². The molecule has 1 aliphatic carbocycles. The van der Waals surface area contributed by atoms with Gasteiger partial charge in [-0.05, 0) is 72.6 Å². The van der Waals surface area contributed by atoms with E-state index < -0.39 is 33.5 Å². The first kappa shape index (κ1) is 31.2. The molecule has 1 saturated heterocycles. The molecule has 2 heterocycles. The smallest absolute Gasteiger partial charge is 0.417 e. The lowest BCUT2D eigenvalue weighted by Crippen LogP contribution is -2.26. The van der Waals surface area contributed by atoms with Gasteiger partial charge in [-0.25, -0.2) is 12.8 Å². The van der Waals surface area contributed by atoms with Crippen molar-refractivity contribution in [2.75, 3.05) is 31.8 Å².